The number of hydrogen-bond acceptors (Lipinski definition) is 5. The second-order valence-electron chi connectivity index (χ2n) is 6.45. The maximum absolute atomic E-state index is 12.4. The van der Waals surface area contributed by atoms with Crippen molar-refractivity contribution in [2.45, 2.75) is 64.3 Å². The molecule has 128 valence electrons. The lowest BCUT2D eigenvalue weighted by Gasteiger charge is -2.25. The summed E-state index contributed by atoms with van der Waals surface area (Å²) in [5, 5.41) is 8.38. The van der Waals surface area contributed by atoms with Gasteiger partial charge in [0.1, 0.15) is 11.9 Å². The van der Waals surface area contributed by atoms with Gasteiger partial charge < -0.3 is 18.9 Å². The summed E-state index contributed by atoms with van der Waals surface area (Å²) in [4.78, 5) is 14.1. The topological polar surface area (TPSA) is 69.5 Å². The van der Waals surface area contributed by atoms with Crippen LogP contribution in [0.25, 0.3) is 0 Å². The number of aromatic nitrogens is 3. The summed E-state index contributed by atoms with van der Waals surface area (Å²) in [5.74, 6) is 1.85. The van der Waals surface area contributed by atoms with Crippen LogP contribution >= 0.6 is 0 Å². The maximum Gasteiger partial charge on any atom is 0.251 e. The highest BCUT2D eigenvalue weighted by atomic mass is 16.5. The first-order valence-electron chi connectivity index (χ1n) is 8.54. The molecule has 0 aromatic carbocycles. The number of carbonyl (C=O) groups excluding carboxylic acids is 1. The molecule has 2 aliphatic heterocycles. The summed E-state index contributed by atoms with van der Waals surface area (Å²) < 4.78 is 13.5. The number of hydrogen-bond donors (Lipinski definition) is 0. The molecule has 7 nitrogen and oxygen atoms in total. The summed E-state index contributed by atoms with van der Waals surface area (Å²) in [6.07, 6.45) is 5.06. The molecule has 7 heteroatoms. The van der Waals surface area contributed by atoms with E-state index in [4.69, 9.17) is 9.47 Å². The smallest absolute Gasteiger partial charge is 0.251 e. The second-order valence-corrected chi connectivity index (χ2v) is 6.45. The number of ether oxygens (including phenoxy) is 2. The van der Waals surface area contributed by atoms with E-state index in [0.717, 1.165) is 50.5 Å². The summed E-state index contributed by atoms with van der Waals surface area (Å²) in [7, 11) is 1.79. The summed E-state index contributed by atoms with van der Waals surface area (Å²) in [6.45, 7) is 4.51. The van der Waals surface area contributed by atoms with Crippen LogP contribution in [0.1, 0.15) is 44.3 Å². The Morgan fingerprint density at radius 1 is 1.43 bits per heavy atom. The van der Waals surface area contributed by atoms with Crippen LogP contribution < -0.4 is 0 Å². The second kappa shape index (κ2) is 7.40. The lowest BCUT2D eigenvalue weighted by molar-refractivity contribution is -0.145. The van der Waals surface area contributed by atoms with E-state index < -0.39 is 6.10 Å². The first-order chi connectivity index (χ1) is 11.1. The molecule has 0 spiro atoms. The number of likely N-dealkylation sites (N-methyl/N-ethyl adjacent to an activating group) is 1. The normalized spacial score (nSPS) is 21.9. The van der Waals surface area contributed by atoms with E-state index >= 15 is 0 Å². The van der Waals surface area contributed by atoms with Gasteiger partial charge in [-0.1, -0.05) is 0 Å². The monoisotopic (exact) mass is 322 g/mol. The van der Waals surface area contributed by atoms with Crippen LogP contribution in [-0.4, -0.2) is 58.0 Å². The summed E-state index contributed by atoms with van der Waals surface area (Å²) in [6, 6.07) is 0. The highest BCUT2D eigenvalue weighted by Gasteiger charge is 2.24. The van der Waals surface area contributed by atoms with Gasteiger partial charge in [0.2, 0.25) is 0 Å². The molecule has 0 saturated carbocycles. The highest BCUT2D eigenvalue weighted by molar-refractivity contribution is 5.80. The molecule has 1 aromatic rings. The van der Waals surface area contributed by atoms with E-state index in [2.05, 4.69) is 14.8 Å². The predicted molar refractivity (Wildman–Crippen MR) is 83.8 cm³/mol. The molecule has 3 heterocycles. The van der Waals surface area contributed by atoms with Crippen molar-refractivity contribution < 1.29 is 14.3 Å². The van der Waals surface area contributed by atoms with Crippen LogP contribution in [0.15, 0.2) is 0 Å². The first kappa shape index (κ1) is 16.4. The van der Waals surface area contributed by atoms with Gasteiger partial charge in [0.25, 0.3) is 5.91 Å². The quantitative estimate of drug-likeness (QED) is 0.786. The molecule has 0 radical (unpaired) electrons. The van der Waals surface area contributed by atoms with Gasteiger partial charge in [-0.15, -0.1) is 10.2 Å². The SMILES string of the molecule is CC(OCC1CCCCO1)C(=O)N(C)Cc1nnc2n1CCC2. The fourth-order valence-corrected chi connectivity index (χ4v) is 3.19. The molecule has 0 aliphatic carbocycles. The molecule has 0 bridgehead atoms. The molecule has 1 fully saturated rings. The average Bonchev–Trinajstić information content (AvgIpc) is 3.18. The minimum absolute atomic E-state index is 0.0313. The first-order valence-corrected chi connectivity index (χ1v) is 8.54. The zero-order valence-electron chi connectivity index (χ0n) is 14.0. The Bertz CT molecular complexity index is 539. The average molecular weight is 322 g/mol. The molecule has 23 heavy (non-hydrogen) atoms. The largest absolute Gasteiger partial charge is 0.376 e. The molecule has 1 amide bonds. The van der Waals surface area contributed by atoms with Gasteiger partial charge in [0.15, 0.2) is 5.82 Å². The van der Waals surface area contributed by atoms with Crippen LogP contribution in [0, 0.1) is 0 Å². The molecular formula is C16H26N4O3. The third-order valence-electron chi connectivity index (χ3n) is 4.59. The van der Waals surface area contributed by atoms with Gasteiger partial charge in [-0.05, 0) is 32.6 Å². The lowest BCUT2D eigenvalue weighted by Crippen LogP contribution is -2.38. The summed E-state index contributed by atoms with van der Waals surface area (Å²) >= 11 is 0. The third kappa shape index (κ3) is 3.90. The maximum atomic E-state index is 12.4. The molecule has 3 rings (SSSR count). The predicted octanol–water partition coefficient (Wildman–Crippen LogP) is 1.16. The minimum atomic E-state index is -0.466. The van der Waals surface area contributed by atoms with Crippen molar-refractivity contribution in [2.24, 2.45) is 0 Å². The Labute approximate surface area is 137 Å². The Hall–Kier alpha value is -1.47. The Morgan fingerprint density at radius 3 is 3.09 bits per heavy atom. The van der Waals surface area contributed by atoms with Crippen molar-refractivity contribution in [1.29, 1.82) is 0 Å². The van der Waals surface area contributed by atoms with Crippen LogP contribution in [-0.2, 0) is 33.8 Å². The number of rotatable bonds is 6. The van der Waals surface area contributed by atoms with E-state index in [9.17, 15) is 4.79 Å². The van der Waals surface area contributed by atoms with E-state index in [0.29, 0.717) is 13.2 Å². The summed E-state index contributed by atoms with van der Waals surface area (Å²) in [5.41, 5.74) is 0. The van der Waals surface area contributed by atoms with Gasteiger partial charge in [-0.3, -0.25) is 4.79 Å². The fraction of sp³-hybridized carbons (Fsp3) is 0.812. The van der Waals surface area contributed by atoms with Gasteiger partial charge in [-0.2, -0.15) is 0 Å². The van der Waals surface area contributed by atoms with Crippen LogP contribution in [0.4, 0.5) is 0 Å². The standard InChI is InChI=1S/C16H26N4O3/c1-12(23-11-13-6-3-4-9-22-13)16(21)19(2)10-15-18-17-14-7-5-8-20(14)15/h12-13H,3-11H2,1-2H3. The number of aryl methyl sites for hydroxylation is 1. The Kier molecular flexibility index (Phi) is 5.27. The minimum Gasteiger partial charge on any atom is -0.376 e. The van der Waals surface area contributed by atoms with Crippen molar-refractivity contribution in [1.82, 2.24) is 19.7 Å². The van der Waals surface area contributed by atoms with Crippen LogP contribution in [0.2, 0.25) is 0 Å². The Morgan fingerprint density at radius 2 is 2.30 bits per heavy atom. The number of carbonyl (C=O) groups is 1. The van der Waals surface area contributed by atoms with Crippen molar-refractivity contribution in [3.8, 4) is 0 Å². The van der Waals surface area contributed by atoms with Crippen molar-refractivity contribution >= 4 is 5.91 Å². The zero-order chi connectivity index (χ0) is 16.2. The lowest BCUT2D eigenvalue weighted by atomic mass is 10.1. The molecular weight excluding hydrogens is 296 g/mol. The van der Waals surface area contributed by atoms with E-state index in [1.165, 1.54) is 6.42 Å². The molecule has 2 atom stereocenters. The molecule has 2 aliphatic rings. The van der Waals surface area contributed by atoms with Crippen LogP contribution in [0.3, 0.4) is 0 Å². The van der Waals surface area contributed by atoms with Gasteiger partial charge in [-0.25, -0.2) is 0 Å². The van der Waals surface area contributed by atoms with Gasteiger partial charge in [0.05, 0.1) is 19.3 Å². The third-order valence-corrected chi connectivity index (χ3v) is 4.59. The molecule has 0 N–H and O–H groups in total. The van der Waals surface area contributed by atoms with Crippen LogP contribution in [0.5, 0.6) is 0 Å². The molecule has 2 unspecified atom stereocenters. The van der Waals surface area contributed by atoms with Gasteiger partial charge in [0, 0.05) is 26.6 Å². The van der Waals surface area contributed by atoms with Crippen molar-refractivity contribution in [2.75, 3.05) is 20.3 Å². The van der Waals surface area contributed by atoms with Gasteiger partial charge >= 0.3 is 0 Å². The van der Waals surface area contributed by atoms with Crippen molar-refractivity contribution in [3.05, 3.63) is 11.6 Å². The highest BCUT2D eigenvalue weighted by Crippen LogP contribution is 2.16. The van der Waals surface area contributed by atoms with E-state index in [1.807, 2.05) is 0 Å². The Balaban J connectivity index is 1.48. The number of fused-ring (bicyclic) bond motifs is 1. The van der Waals surface area contributed by atoms with E-state index in [1.54, 1.807) is 18.9 Å². The van der Waals surface area contributed by atoms with E-state index in [-0.39, 0.29) is 12.0 Å². The zero-order valence-corrected chi connectivity index (χ0v) is 14.0. The fourth-order valence-electron chi connectivity index (χ4n) is 3.19. The molecule has 1 saturated heterocycles. The molecule has 1 aromatic heterocycles. The number of amides is 1. The number of nitrogens with zero attached hydrogens (tertiary/aromatic N) is 4. The van der Waals surface area contributed by atoms with Crippen molar-refractivity contribution in [3.63, 3.8) is 0 Å².